The summed E-state index contributed by atoms with van der Waals surface area (Å²) in [5.74, 6) is 0.00534. The zero-order valence-corrected chi connectivity index (χ0v) is 21.2. The molecule has 1 aromatic carbocycles. The molecule has 0 spiro atoms. The van der Waals surface area contributed by atoms with Gasteiger partial charge in [-0.1, -0.05) is 42.1 Å². The van der Waals surface area contributed by atoms with Gasteiger partial charge in [-0.15, -0.1) is 11.3 Å². The van der Waals surface area contributed by atoms with Crippen molar-refractivity contribution in [2.75, 3.05) is 25.4 Å². The van der Waals surface area contributed by atoms with Crippen molar-refractivity contribution in [3.63, 3.8) is 0 Å². The molecule has 3 aromatic rings. The van der Waals surface area contributed by atoms with Crippen molar-refractivity contribution < 1.29 is 14.3 Å². The van der Waals surface area contributed by atoms with Gasteiger partial charge < -0.3 is 15.4 Å². The number of rotatable bonds is 12. The SMILES string of the molecule is O=C(CCCn1c(SCC(=O)NCC2CCCO2)nc2ccsc2c1=O)NCCc1ccccc1. The van der Waals surface area contributed by atoms with E-state index in [4.69, 9.17) is 4.74 Å². The van der Waals surface area contributed by atoms with Crippen LogP contribution in [0.5, 0.6) is 0 Å². The van der Waals surface area contributed by atoms with Gasteiger partial charge in [-0.05, 0) is 42.7 Å². The highest BCUT2D eigenvalue weighted by Crippen LogP contribution is 2.21. The Morgan fingerprint density at radius 1 is 1.17 bits per heavy atom. The summed E-state index contributed by atoms with van der Waals surface area (Å²) in [5.41, 5.74) is 1.69. The number of benzene rings is 1. The number of aromatic nitrogens is 2. The highest BCUT2D eigenvalue weighted by Gasteiger charge is 2.18. The van der Waals surface area contributed by atoms with Crippen molar-refractivity contribution >= 4 is 45.1 Å². The quantitative estimate of drug-likeness (QED) is 0.285. The van der Waals surface area contributed by atoms with Crippen LogP contribution in [-0.2, 0) is 27.3 Å². The van der Waals surface area contributed by atoms with Crippen LogP contribution >= 0.6 is 23.1 Å². The predicted molar refractivity (Wildman–Crippen MR) is 139 cm³/mol. The molecule has 1 unspecified atom stereocenters. The van der Waals surface area contributed by atoms with E-state index in [0.717, 1.165) is 25.9 Å². The molecule has 1 atom stereocenters. The number of nitrogens with one attached hydrogen (secondary N) is 2. The Labute approximate surface area is 212 Å². The maximum Gasteiger partial charge on any atom is 0.272 e. The van der Waals surface area contributed by atoms with Gasteiger partial charge in [-0.2, -0.15) is 0 Å². The average molecular weight is 515 g/mol. The van der Waals surface area contributed by atoms with E-state index in [9.17, 15) is 14.4 Å². The number of thioether (sulfide) groups is 1. The molecule has 8 nitrogen and oxygen atoms in total. The molecule has 2 amide bonds. The van der Waals surface area contributed by atoms with Gasteiger partial charge in [0.1, 0.15) is 4.70 Å². The molecule has 186 valence electrons. The van der Waals surface area contributed by atoms with Gasteiger partial charge in [-0.25, -0.2) is 4.98 Å². The third-order valence-corrected chi connectivity index (χ3v) is 7.65. The van der Waals surface area contributed by atoms with E-state index in [-0.39, 0.29) is 29.2 Å². The van der Waals surface area contributed by atoms with Crippen LogP contribution in [0.25, 0.3) is 10.2 Å². The van der Waals surface area contributed by atoms with Crippen LogP contribution < -0.4 is 16.2 Å². The van der Waals surface area contributed by atoms with Crippen LogP contribution in [0.4, 0.5) is 0 Å². The lowest BCUT2D eigenvalue weighted by molar-refractivity contribution is -0.121. The largest absolute Gasteiger partial charge is 0.376 e. The summed E-state index contributed by atoms with van der Waals surface area (Å²) in [4.78, 5) is 42.3. The number of ether oxygens (including phenoxy) is 1. The fraction of sp³-hybridized carbons (Fsp3) is 0.440. The molecule has 2 aromatic heterocycles. The number of thiophene rings is 1. The van der Waals surface area contributed by atoms with Gasteiger partial charge in [0.25, 0.3) is 5.56 Å². The summed E-state index contributed by atoms with van der Waals surface area (Å²) < 4.78 is 7.72. The summed E-state index contributed by atoms with van der Waals surface area (Å²) in [6.07, 6.45) is 3.67. The summed E-state index contributed by atoms with van der Waals surface area (Å²) in [7, 11) is 0. The Morgan fingerprint density at radius 2 is 2.03 bits per heavy atom. The van der Waals surface area contributed by atoms with E-state index in [0.29, 0.717) is 47.8 Å². The normalized spacial score (nSPS) is 15.4. The lowest BCUT2D eigenvalue weighted by Gasteiger charge is -2.13. The molecule has 0 bridgehead atoms. The zero-order valence-electron chi connectivity index (χ0n) is 19.5. The van der Waals surface area contributed by atoms with Gasteiger partial charge in [-0.3, -0.25) is 19.0 Å². The van der Waals surface area contributed by atoms with E-state index >= 15 is 0 Å². The zero-order chi connectivity index (χ0) is 24.5. The monoisotopic (exact) mass is 514 g/mol. The first-order valence-electron chi connectivity index (χ1n) is 11.9. The third kappa shape index (κ3) is 7.39. The average Bonchev–Trinajstić information content (AvgIpc) is 3.56. The van der Waals surface area contributed by atoms with Gasteiger partial charge >= 0.3 is 0 Å². The van der Waals surface area contributed by atoms with Crippen molar-refractivity contribution in [3.05, 3.63) is 57.7 Å². The fourth-order valence-electron chi connectivity index (χ4n) is 3.92. The number of nitrogens with zero attached hydrogens (tertiary/aromatic N) is 2. The van der Waals surface area contributed by atoms with Crippen LogP contribution in [0.15, 0.2) is 51.7 Å². The topological polar surface area (TPSA) is 102 Å². The van der Waals surface area contributed by atoms with Crippen LogP contribution in [0.1, 0.15) is 31.2 Å². The lowest BCUT2D eigenvalue weighted by Crippen LogP contribution is -2.33. The Bertz CT molecular complexity index is 1190. The second-order valence-electron chi connectivity index (χ2n) is 8.40. The van der Waals surface area contributed by atoms with Crippen LogP contribution in [0.3, 0.4) is 0 Å². The number of carbonyl (C=O) groups is 2. The highest BCUT2D eigenvalue weighted by molar-refractivity contribution is 7.99. The van der Waals surface area contributed by atoms with Crippen molar-refractivity contribution in [2.24, 2.45) is 0 Å². The molecule has 1 fully saturated rings. The summed E-state index contributed by atoms with van der Waals surface area (Å²) in [6, 6.07) is 11.8. The van der Waals surface area contributed by atoms with Crippen molar-refractivity contribution in [3.8, 4) is 0 Å². The number of amides is 2. The highest BCUT2D eigenvalue weighted by atomic mass is 32.2. The number of fused-ring (bicyclic) bond motifs is 1. The maximum atomic E-state index is 13.1. The molecule has 1 aliphatic rings. The van der Waals surface area contributed by atoms with E-state index < -0.39 is 0 Å². The minimum atomic E-state index is -0.128. The number of hydrogen-bond donors (Lipinski definition) is 2. The molecule has 2 N–H and O–H groups in total. The summed E-state index contributed by atoms with van der Waals surface area (Å²) in [6.45, 7) is 2.19. The van der Waals surface area contributed by atoms with Crippen LogP contribution in [-0.4, -0.2) is 52.9 Å². The molecule has 35 heavy (non-hydrogen) atoms. The first-order valence-corrected chi connectivity index (χ1v) is 13.8. The molecule has 1 aliphatic heterocycles. The molecular weight excluding hydrogens is 484 g/mol. The smallest absolute Gasteiger partial charge is 0.272 e. The molecule has 1 saturated heterocycles. The van der Waals surface area contributed by atoms with E-state index in [1.807, 2.05) is 41.8 Å². The molecule has 4 rings (SSSR count). The third-order valence-electron chi connectivity index (χ3n) is 5.78. The maximum absolute atomic E-state index is 13.1. The van der Waals surface area contributed by atoms with E-state index in [1.54, 1.807) is 4.57 Å². The first-order chi connectivity index (χ1) is 17.1. The lowest BCUT2D eigenvalue weighted by atomic mass is 10.1. The number of hydrogen-bond acceptors (Lipinski definition) is 7. The van der Waals surface area contributed by atoms with Gasteiger partial charge in [0, 0.05) is 32.7 Å². The van der Waals surface area contributed by atoms with E-state index in [1.165, 1.54) is 28.7 Å². The van der Waals surface area contributed by atoms with Gasteiger partial charge in [0.2, 0.25) is 11.8 Å². The standard InChI is InChI=1S/C25H30N4O4S2/c30-21(26-12-10-18-6-2-1-3-7-18)9-4-13-29-24(32)23-20(11-15-34-23)28-25(29)35-17-22(31)27-16-19-8-5-14-33-19/h1-3,6-7,11,15,19H,4-5,8-10,12-14,16-17H2,(H,26,30)(H,27,31). The molecule has 10 heteroatoms. The molecular formula is C25H30N4O4S2. The predicted octanol–water partition coefficient (Wildman–Crippen LogP) is 2.98. The summed E-state index contributed by atoms with van der Waals surface area (Å²) in [5, 5.41) is 8.18. The Morgan fingerprint density at radius 3 is 2.83 bits per heavy atom. The Kier molecular flexibility index (Phi) is 9.33. The van der Waals surface area contributed by atoms with Gasteiger partial charge in [0.15, 0.2) is 5.16 Å². The molecule has 3 heterocycles. The minimum absolute atomic E-state index is 0.0400. The van der Waals surface area contributed by atoms with Crippen LogP contribution in [0, 0.1) is 0 Å². The molecule has 0 aliphatic carbocycles. The van der Waals surface area contributed by atoms with Gasteiger partial charge in [0.05, 0.1) is 17.4 Å². The Balaban J connectivity index is 1.29. The molecule has 0 radical (unpaired) electrons. The second-order valence-corrected chi connectivity index (χ2v) is 10.3. The van der Waals surface area contributed by atoms with E-state index in [2.05, 4.69) is 15.6 Å². The fourth-order valence-corrected chi connectivity index (χ4v) is 5.56. The first kappa shape index (κ1) is 25.4. The van der Waals surface area contributed by atoms with Crippen LogP contribution in [0.2, 0.25) is 0 Å². The van der Waals surface area contributed by atoms with Crippen molar-refractivity contribution in [1.82, 2.24) is 20.2 Å². The van der Waals surface area contributed by atoms with Crippen molar-refractivity contribution in [2.45, 2.75) is 49.9 Å². The second kappa shape index (κ2) is 12.9. The summed E-state index contributed by atoms with van der Waals surface area (Å²) >= 11 is 2.60. The Hall–Kier alpha value is -2.69. The van der Waals surface area contributed by atoms with Crippen molar-refractivity contribution in [1.29, 1.82) is 0 Å². The minimum Gasteiger partial charge on any atom is -0.376 e. The number of carbonyl (C=O) groups excluding carboxylic acids is 2. The molecule has 0 saturated carbocycles.